The van der Waals surface area contributed by atoms with Crippen molar-refractivity contribution in [1.82, 2.24) is 25.3 Å². The Morgan fingerprint density at radius 2 is 1.52 bits per heavy atom. The maximum atomic E-state index is 14.6. The van der Waals surface area contributed by atoms with Gasteiger partial charge < -0.3 is 36.2 Å². The van der Waals surface area contributed by atoms with Crippen LogP contribution in [-0.4, -0.2) is 113 Å². The standard InChI is InChI=1S/C41H56N6O4.C2HF3O2/c1-4-43-39(50)41(26-32-14-7-5-8-15-32)21-13-23-45(29-41)38(49)36(25-33-19-20-34-16-10-11-17-35(34)24-33)44-40(51)46-27-30(2)47(31(3)28-46)37(48)18-9-6-12-22-42;3-2(4,5)1(6)7/h5,7-8,10-11,14-17,19-20,24,30-31,36H,4,6,9,12-13,18,21-23,25-29,42H2,1-3H3,(H,43,50)(H,44,51);(H,6,7). The topological polar surface area (TPSA) is 165 Å². The Hall–Kier alpha value is -5.18. The number of carboxylic acids is 1. The Morgan fingerprint density at radius 3 is 2.14 bits per heavy atom. The van der Waals surface area contributed by atoms with Gasteiger partial charge in [0.25, 0.3) is 0 Å². The van der Waals surface area contributed by atoms with Gasteiger partial charge in [0.05, 0.1) is 5.41 Å². The molecule has 2 aliphatic rings. The number of rotatable bonds is 13. The number of unbranched alkanes of at least 4 members (excludes halogenated alkanes) is 2. The van der Waals surface area contributed by atoms with E-state index in [0.29, 0.717) is 64.8 Å². The van der Waals surface area contributed by atoms with E-state index in [-0.39, 0.29) is 42.4 Å². The zero-order chi connectivity index (χ0) is 42.5. The van der Waals surface area contributed by atoms with E-state index in [0.717, 1.165) is 41.2 Å². The third-order valence-electron chi connectivity index (χ3n) is 10.8. The molecule has 0 aliphatic carbocycles. The number of fused-ring (bicyclic) bond motifs is 1. The molecule has 2 saturated heterocycles. The molecule has 5 amide bonds. The van der Waals surface area contributed by atoms with Crippen LogP contribution in [0.4, 0.5) is 18.0 Å². The minimum atomic E-state index is -5.08. The molecule has 3 aromatic rings. The van der Waals surface area contributed by atoms with Crippen LogP contribution in [0.25, 0.3) is 10.8 Å². The first-order valence-electron chi connectivity index (χ1n) is 20.0. The van der Waals surface area contributed by atoms with Crippen molar-refractivity contribution in [3.63, 3.8) is 0 Å². The fraction of sp³-hybridized carbons (Fsp3) is 0.512. The van der Waals surface area contributed by atoms with E-state index < -0.39 is 23.6 Å². The van der Waals surface area contributed by atoms with Crippen LogP contribution < -0.4 is 16.4 Å². The van der Waals surface area contributed by atoms with E-state index in [1.165, 1.54) is 0 Å². The van der Waals surface area contributed by atoms with Crippen LogP contribution in [0.2, 0.25) is 0 Å². The smallest absolute Gasteiger partial charge is 0.475 e. The maximum Gasteiger partial charge on any atom is 0.490 e. The number of urea groups is 1. The number of amides is 5. The van der Waals surface area contributed by atoms with Crippen molar-refractivity contribution >= 4 is 40.5 Å². The number of piperidine rings is 1. The molecule has 2 aliphatic heterocycles. The molecule has 12 nitrogen and oxygen atoms in total. The fourth-order valence-corrected chi connectivity index (χ4v) is 8.03. The number of hydrogen-bond donors (Lipinski definition) is 4. The van der Waals surface area contributed by atoms with Gasteiger partial charge in [-0.3, -0.25) is 14.4 Å². The zero-order valence-corrected chi connectivity index (χ0v) is 33.6. The SMILES string of the molecule is CCNC(=O)C1(Cc2ccccc2)CCCN(C(=O)C(Cc2ccc3ccccc3c2)NC(=O)N2CC(C)N(C(=O)CCCCCN)C(C)C2)C1.O=C(O)C(F)(F)F. The summed E-state index contributed by atoms with van der Waals surface area (Å²) in [6.45, 7) is 8.55. The van der Waals surface area contributed by atoms with E-state index in [2.05, 4.69) is 22.8 Å². The van der Waals surface area contributed by atoms with E-state index >= 15 is 0 Å². The van der Waals surface area contributed by atoms with E-state index in [4.69, 9.17) is 15.6 Å². The molecule has 4 atom stereocenters. The number of alkyl halides is 3. The minimum Gasteiger partial charge on any atom is -0.475 e. The summed E-state index contributed by atoms with van der Waals surface area (Å²) < 4.78 is 31.7. The van der Waals surface area contributed by atoms with Crippen LogP contribution in [0.5, 0.6) is 0 Å². The number of benzene rings is 3. The van der Waals surface area contributed by atoms with Gasteiger partial charge in [0.2, 0.25) is 17.7 Å². The average molecular weight is 811 g/mol. The molecule has 0 saturated carbocycles. The molecule has 0 bridgehead atoms. The normalized spacial score (nSPS) is 20.1. The second-order valence-electron chi connectivity index (χ2n) is 15.4. The van der Waals surface area contributed by atoms with Crippen LogP contribution in [0.3, 0.4) is 0 Å². The van der Waals surface area contributed by atoms with Crippen LogP contribution >= 0.6 is 0 Å². The van der Waals surface area contributed by atoms with Gasteiger partial charge in [-0.1, -0.05) is 79.2 Å². The molecule has 2 fully saturated rings. The number of carbonyl (C=O) groups is 5. The number of carbonyl (C=O) groups excluding carboxylic acids is 4. The highest BCUT2D eigenvalue weighted by molar-refractivity contribution is 5.90. The Kier molecular flexibility index (Phi) is 16.5. The predicted octanol–water partition coefficient (Wildman–Crippen LogP) is 5.52. The summed E-state index contributed by atoms with van der Waals surface area (Å²) in [5.74, 6) is -2.89. The molecule has 5 N–H and O–H groups in total. The maximum absolute atomic E-state index is 14.6. The molecule has 4 unspecified atom stereocenters. The first-order valence-corrected chi connectivity index (χ1v) is 20.0. The summed E-state index contributed by atoms with van der Waals surface area (Å²) in [4.78, 5) is 69.9. The number of nitrogens with zero attached hydrogens (tertiary/aromatic N) is 3. The Labute approximate surface area is 338 Å². The molecule has 0 aromatic heterocycles. The van der Waals surface area contributed by atoms with Gasteiger partial charge >= 0.3 is 18.2 Å². The molecular formula is C43H57F3N6O6. The molecule has 3 aromatic carbocycles. The van der Waals surface area contributed by atoms with Crippen LogP contribution in [0, 0.1) is 5.41 Å². The lowest BCUT2D eigenvalue weighted by Crippen LogP contribution is -2.63. The number of piperazine rings is 1. The number of nitrogens with one attached hydrogen (secondary N) is 2. The van der Waals surface area contributed by atoms with Crippen LogP contribution in [-0.2, 0) is 32.0 Å². The highest BCUT2D eigenvalue weighted by atomic mass is 19.4. The van der Waals surface area contributed by atoms with Crippen molar-refractivity contribution in [2.24, 2.45) is 11.1 Å². The molecule has 316 valence electrons. The average Bonchev–Trinajstić information content (AvgIpc) is 3.19. The van der Waals surface area contributed by atoms with E-state index in [1.54, 1.807) is 9.80 Å². The van der Waals surface area contributed by atoms with Crippen molar-refractivity contribution in [1.29, 1.82) is 0 Å². The highest BCUT2D eigenvalue weighted by Crippen LogP contribution is 2.35. The van der Waals surface area contributed by atoms with Crippen molar-refractivity contribution in [2.45, 2.75) is 96.4 Å². The second-order valence-corrected chi connectivity index (χ2v) is 15.4. The van der Waals surface area contributed by atoms with Gasteiger partial charge in [-0.2, -0.15) is 13.2 Å². The minimum absolute atomic E-state index is 0.0451. The zero-order valence-electron chi connectivity index (χ0n) is 33.6. The first kappa shape index (κ1) is 45.5. The summed E-state index contributed by atoms with van der Waals surface area (Å²) in [5, 5.41) is 15.5. The number of hydrogen-bond acceptors (Lipinski definition) is 6. The van der Waals surface area contributed by atoms with Crippen LogP contribution in [0.1, 0.15) is 70.4 Å². The van der Waals surface area contributed by atoms with Crippen LogP contribution in [0.15, 0.2) is 72.8 Å². The molecule has 0 spiro atoms. The van der Waals surface area contributed by atoms with Gasteiger partial charge in [0.1, 0.15) is 6.04 Å². The lowest BCUT2D eigenvalue weighted by atomic mass is 9.74. The second kappa shape index (κ2) is 21.0. The summed E-state index contributed by atoms with van der Waals surface area (Å²) in [7, 11) is 0. The Morgan fingerprint density at radius 1 is 0.879 bits per heavy atom. The lowest BCUT2D eigenvalue weighted by Gasteiger charge is -2.45. The molecule has 58 heavy (non-hydrogen) atoms. The van der Waals surface area contributed by atoms with E-state index in [9.17, 15) is 32.3 Å². The number of likely N-dealkylation sites (tertiary alicyclic amines) is 1. The van der Waals surface area contributed by atoms with Crippen molar-refractivity contribution in [3.05, 3.63) is 83.9 Å². The summed E-state index contributed by atoms with van der Waals surface area (Å²) in [6, 6.07) is 22.7. The molecular weight excluding hydrogens is 754 g/mol. The highest BCUT2D eigenvalue weighted by Gasteiger charge is 2.45. The van der Waals surface area contributed by atoms with Gasteiger partial charge in [0.15, 0.2) is 0 Å². The van der Waals surface area contributed by atoms with Gasteiger partial charge in [0, 0.05) is 57.6 Å². The molecule has 15 heteroatoms. The number of aliphatic carboxylic acids is 1. The monoisotopic (exact) mass is 810 g/mol. The molecule has 5 rings (SSSR count). The summed E-state index contributed by atoms with van der Waals surface area (Å²) in [5.41, 5.74) is 6.84. The molecule has 0 radical (unpaired) electrons. The third kappa shape index (κ3) is 12.4. The quantitative estimate of drug-likeness (QED) is 0.165. The van der Waals surface area contributed by atoms with Gasteiger partial charge in [-0.05, 0) is 81.3 Å². The number of halogens is 3. The third-order valence-corrected chi connectivity index (χ3v) is 10.8. The predicted molar refractivity (Wildman–Crippen MR) is 216 cm³/mol. The largest absolute Gasteiger partial charge is 0.490 e. The van der Waals surface area contributed by atoms with Gasteiger partial charge in [-0.15, -0.1) is 0 Å². The fourth-order valence-electron chi connectivity index (χ4n) is 8.03. The first-order chi connectivity index (χ1) is 27.6. The van der Waals surface area contributed by atoms with E-state index in [1.807, 2.05) is 86.3 Å². The number of carboxylic acid groups (broad SMARTS) is 1. The molecule has 2 heterocycles. The lowest BCUT2D eigenvalue weighted by molar-refractivity contribution is -0.192. The Bertz CT molecular complexity index is 1850. The Balaban J connectivity index is 0.000000973. The van der Waals surface area contributed by atoms with Gasteiger partial charge in [-0.25, -0.2) is 9.59 Å². The van der Waals surface area contributed by atoms with Crippen molar-refractivity contribution < 1.29 is 42.3 Å². The number of nitrogens with two attached hydrogens (primary N) is 1. The van der Waals surface area contributed by atoms with Crippen molar-refractivity contribution in [3.8, 4) is 0 Å². The summed E-state index contributed by atoms with van der Waals surface area (Å²) in [6.07, 6.45) is 0.214. The van der Waals surface area contributed by atoms with Crippen molar-refractivity contribution in [2.75, 3.05) is 39.3 Å². The summed E-state index contributed by atoms with van der Waals surface area (Å²) >= 11 is 0.